The minimum atomic E-state index is -0.703. The summed E-state index contributed by atoms with van der Waals surface area (Å²) in [6.07, 6.45) is 6.64. The number of hydrogen-bond donors (Lipinski definition) is 1. The number of aliphatic imine (C=N–C) groups is 2. The van der Waals surface area contributed by atoms with Crippen molar-refractivity contribution in [3.63, 3.8) is 0 Å². The van der Waals surface area contributed by atoms with Gasteiger partial charge in [-0.1, -0.05) is 50.1 Å². The van der Waals surface area contributed by atoms with Gasteiger partial charge in [-0.25, -0.2) is 4.79 Å². The Bertz CT molecular complexity index is 1060. The standard InChI is InChI=1S/C30H41ClN2O4/c1-29(2,3)25(18-33-28(36)37-30(4,5)6)27(35)24-16-22(34)15-23(24)26-14-11-20(17-32-26)8-7-19-9-12-21(31)13-10-19/h9-10,12-13,17-18,22-25,34H,7-8,11,14-16H2,1-6H3/b33-18-/t22-,23-,24?,25-/m1/s1. The molecule has 1 N–H and O–H groups in total. The molecule has 1 aromatic rings. The summed E-state index contributed by atoms with van der Waals surface area (Å²) in [5.74, 6) is -1.03. The zero-order chi connectivity index (χ0) is 27.4. The third-order valence-electron chi connectivity index (χ3n) is 7.06. The largest absolute Gasteiger partial charge is 0.442 e. The maximum Gasteiger partial charge on any atom is 0.433 e. The van der Waals surface area contributed by atoms with Gasteiger partial charge in [0, 0.05) is 35.0 Å². The molecule has 6 nitrogen and oxygen atoms in total. The molecule has 1 aliphatic heterocycles. The average Bonchev–Trinajstić information content (AvgIpc) is 3.18. The van der Waals surface area contributed by atoms with E-state index in [0.717, 1.165) is 36.4 Å². The first-order valence-corrected chi connectivity index (χ1v) is 13.6. The summed E-state index contributed by atoms with van der Waals surface area (Å²) in [5, 5.41) is 11.3. The number of allylic oxidation sites excluding steroid dienone is 1. The molecule has 1 heterocycles. The van der Waals surface area contributed by atoms with Gasteiger partial charge in [0.15, 0.2) is 0 Å². The number of ketones is 1. The molecule has 37 heavy (non-hydrogen) atoms. The fourth-order valence-electron chi connectivity index (χ4n) is 5.09. The number of halogens is 1. The van der Waals surface area contributed by atoms with E-state index in [-0.39, 0.29) is 17.6 Å². The summed E-state index contributed by atoms with van der Waals surface area (Å²) < 4.78 is 5.28. The summed E-state index contributed by atoms with van der Waals surface area (Å²) in [5.41, 5.74) is 2.42. The number of aryl methyl sites for hydroxylation is 1. The lowest BCUT2D eigenvalue weighted by Gasteiger charge is -2.31. The molecular weight excluding hydrogens is 488 g/mol. The number of hydrogen-bond acceptors (Lipinski definition) is 5. The van der Waals surface area contributed by atoms with Gasteiger partial charge in [0.2, 0.25) is 0 Å². The van der Waals surface area contributed by atoms with Crippen LogP contribution in [0.2, 0.25) is 5.02 Å². The molecule has 3 rings (SSSR count). The predicted octanol–water partition coefficient (Wildman–Crippen LogP) is 7.02. The van der Waals surface area contributed by atoms with Crippen LogP contribution in [0, 0.1) is 23.2 Å². The topological polar surface area (TPSA) is 88.3 Å². The molecule has 2 aliphatic rings. The Morgan fingerprint density at radius 3 is 2.35 bits per heavy atom. The maximum absolute atomic E-state index is 13.8. The van der Waals surface area contributed by atoms with Gasteiger partial charge in [-0.15, -0.1) is 0 Å². The number of carbonyl (C=O) groups excluding carboxylic acids is 2. The van der Waals surface area contributed by atoms with Gasteiger partial charge < -0.3 is 9.84 Å². The second-order valence-corrected chi connectivity index (χ2v) is 12.8. The minimum Gasteiger partial charge on any atom is -0.442 e. The maximum atomic E-state index is 13.8. The monoisotopic (exact) mass is 528 g/mol. The van der Waals surface area contributed by atoms with Crippen LogP contribution in [0.25, 0.3) is 0 Å². The highest BCUT2D eigenvalue weighted by atomic mass is 35.5. The molecule has 0 bridgehead atoms. The van der Waals surface area contributed by atoms with Crippen molar-refractivity contribution in [2.45, 2.75) is 91.8 Å². The first-order chi connectivity index (χ1) is 17.2. The number of aliphatic hydroxyl groups is 1. The highest BCUT2D eigenvalue weighted by molar-refractivity contribution is 6.30. The van der Waals surface area contributed by atoms with Gasteiger partial charge in [-0.3, -0.25) is 9.79 Å². The van der Waals surface area contributed by atoms with E-state index in [1.807, 2.05) is 51.2 Å². The van der Waals surface area contributed by atoms with Gasteiger partial charge >= 0.3 is 6.09 Å². The third kappa shape index (κ3) is 8.61. The molecule has 0 aromatic heterocycles. The fourth-order valence-corrected chi connectivity index (χ4v) is 5.22. The van der Waals surface area contributed by atoms with Gasteiger partial charge in [0.25, 0.3) is 0 Å². The number of ether oxygens (including phenoxy) is 1. The van der Waals surface area contributed by atoms with Crippen molar-refractivity contribution >= 4 is 35.4 Å². The van der Waals surface area contributed by atoms with Gasteiger partial charge in [0.05, 0.1) is 12.0 Å². The summed E-state index contributed by atoms with van der Waals surface area (Å²) in [6.45, 7) is 11.2. The molecular formula is C30H41ClN2O4. The van der Waals surface area contributed by atoms with Crippen LogP contribution in [0.5, 0.6) is 0 Å². The van der Waals surface area contributed by atoms with E-state index in [0.29, 0.717) is 12.8 Å². The van der Waals surface area contributed by atoms with E-state index < -0.39 is 29.1 Å². The van der Waals surface area contributed by atoms with Crippen LogP contribution in [0.3, 0.4) is 0 Å². The van der Waals surface area contributed by atoms with Crippen LogP contribution in [0.1, 0.15) is 79.2 Å². The summed E-state index contributed by atoms with van der Waals surface area (Å²) in [7, 11) is 0. The number of amides is 1. The second kappa shape index (κ2) is 12.0. The first-order valence-electron chi connectivity index (χ1n) is 13.2. The summed E-state index contributed by atoms with van der Waals surface area (Å²) >= 11 is 5.98. The molecule has 7 heteroatoms. The molecule has 1 unspecified atom stereocenters. The number of Topliss-reactive ketones (excluding diaryl/α,β-unsaturated/α-hetero) is 1. The number of aliphatic hydroxyl groups excluding tert-OH is 1. The molecule has 1 aliphatic carbocycles. The Kier molecular flexibility index (Phi) is 9.52. The number of benzene rings is 1. The quantitative estimate of drug-likeness (QED) is 0.385. The lowest BCUT2D eigenvalue weighted by molar-refractivity contribution is -0.127. The summed E-state index contributed by atoms with van der Waals surface area (Å²) in [4.78, 5) is 34.7. The van der Waals surface area contributed by atoms with Crippen molar-refractivity contribution in [1.82, 2.24) is 0 Å². The SMILES string of the molecule is CC(C)(C)OC(=O)/N=C\[C@H](C(=O)C1C[C@H](O)C[C@H]1C1=NC=C(CCc2ccc(Cl)cc2)CC1)C(C)(C)C. The second-order valence-electron chi connectivity index (χ2n) is 12.4. The Morgan fingerprint density at radius 1 is 1.11 bits per heavy atom. The van der Waals surface area contributed by atoms with E-state index in [1.54, 1.807) is 20.8 Å². The minimum absolute atomic E-state index is 0.00146. The van der Waals surface area contributed by atoms with Crippen LogP contribution in [-0.4, -0.2) is 40.6 Å². The van der Waals surface area contributed by atoms with Crippen molar-refractivity contribution in [3.05, 3.63) is 46.6 Å². The first kappa shape index (κ1) is 29.2. The molecule has 1 amide bonds. The zero-order valence-electron chi connectivity index (χ0n) is 23.0. The lowest BCUT2D eigenvalue weighted by atomic mass is 9.72. The Morgan fingerprint density at radius 2 is 1.78 bits per heavy atom. The zero-order valence-corrected chi connectivity index (χ0v) is 23.7. The van der Waals surface area contributed by atoms with Gasteiger partial charge in [-0.2, -0.15) is 4.99 Å². The number of carbonyl (C=O) groups is 2. The molecule has 1 aromatic carbocycles. The van der Waals surface area contributed by atoms with Gasteiger partial charge in [-0.05, 0) is 82.4 Å². The highest BCUT2D eigenvalue weighted by Gasteiger charge is 2.45. The molecule has 1 saturated carbocycles. The summed E-state index contributed by atoms with van der Waals surface area (Å²) in [6, 6.07) is 7.92. The van der Waals surface area contributed by atoms with Crippen LogP contribution in [-0.2, 0) is 16.0 Å². The van der Waals surface area contributed by atoms with Crippen LogP contribution in [0.15, 0.2) is 46.0 Å². The Labute approximate surface area is 226 Å². The molecule has 0 spiro atoms. The Balaban J connectivity index is 1.72. The average molecular weight is 529 g/mol. The highest BCUT2D eigenvalue weighted by Crippen LogP contribution is 2.40. The smallest absolute Gasteiger partial charge is 0.433 e. The molecule has 202 valence electrons. The van der Waals surface area contributed by atoms with Crippen molar-refractivity contribution in [1.29, 1.82) is 0 Å². The third-order valence-corrected chi connectivity index (χ3v) is 7.31. The van der Waals surface area contributed by atoms with Gasteiger partial charge in [0.1, 0.15) is 11.4 Å². The predicted molar refractivity (Wildman–Crippen MR) is 149 cm³/mol. The molecule has 4 atom stereocenters. The molecule has 1 fully saturated rings. The normalized spacial score (nSPS) is 23.5. The fraction of sp³-hybridized carbons (Fsp3) is 0.600. The van der Waals surface area contributed by atoms with E-state index in [2.05, 4.69) is 4.99 Å². The molecule has 0 radical (unpaired) electrons. The van der Waals surface area contributed by atoms with E-state index >= 15 is 0 Å². The van der Waals surface area contributed by atoms with Crippen LogP contribution < -0.4 is 0 Å². The van der Waals surface area contributed by atoms with E-state index in [1.165, 1.54) is 17.4 Å². The Hall–Kier alpha value is -2.31. The van der Waals surface area contributed by atoms with Crippen LogP contribution >= 0.6 is 11.6 Å². The molecule has 0 saturated heterocycles. The van der Waals surface area contributed by atoms with Crippen LogP contribution in [0.4, 0.5) is 4.79 Å². The number of rotatable bonds is 7. The van der Waals surface area contributed by atoms with Crippen molar-refractivity contribution in [2.24, 2.45) is 33.2 Å². The van der Waals surface area contributed by atoms with Crippen molar-refractivity contribution in [2.75, 3.05) is 0 Å². The van der Waals surface area contributed by atoms with Crippen molar-refractivity contribution in [3.8, 4) is 0 Å². The van der Waals surface area contributed by atoms with Crippen molar-refractivity contribution < 1.29 is 19.4 Å². The number of nitrogens with zero attached hydrogens (tertiary/aromatic N) is 2. The van der Waals surface area contributed by atoms with E-state index in [4.69, 9.17) is 21.3 Å². The lowest BCUT2D eigenvalue weighted by Crippen LogP contribution is -2.38. The van der Waals surface area contributed by atoms with E-state index in [9.17, 15) is 14.7 Å².